The van der Waals surface area contributed by atoms with Crippen LogP contribution in [-0.2, 0) is 14.9 Å². The van der Waals surface area contributed by atoms with Gasteiger partial charge in [0, 0.05) is 17.9 Å². The SMILES string of the molecule is C=C1CC(=O)C2=CC(C(c3ccc4c(c3)C(=O)OC4=O)(C(F)(F)F)C(F)(F)F)CC=C12. The van der Waals surface area contributed by atoms with E-state index in [1.807, 2.05) is 0 Å². The van der Waals surface area contributed by atoms with E-state index in [0.717, 1.165) is 6.08 Å². The minimum atomic E-state index is -5.85. The van der Waals surface area contributed by atoms with Gasteiger partial charge in [-0.2, -0.15) is 26.3 Å². The average molecular weight is 442 g/mol. The Bertz CT molecular complexity index is 1110. The number of allylic oxidation sites excluding steroid dienone is 5. The summed E-state index contributed by atoms with van der Waals surface area (Å²) >= 11 is 0. The van der Waals surface area contributed by atoms with Gasteiger partial charge in [0.15, 0.2) is 11.2 Å². The van der Waals surface area contributed by atoms with E-state index in [1.54, 1.807) is 0 Å². The van der Waals surface area contributed by atoms with Crippen LogP contribution in [0.4, 0.5) is 26.3 Å². The van der Waals surface area contributed by atoms with E-state index in [1.165, 1.54) is 0 Å². The first-order valence-corrected chi connectivity index (χ1v) is 8.97. The highest BCUT2D eigenvalue weighted by Crippen LogP contribution is 2.59. The molecule has 3 aliphatic rings. The molecule has 4 rings (SSSR count). The standard InChI is InChI=1S/C21H12F6O4/c1-9-6-16(28)14-7-10(2-4-12(9)14)19(20(22,23)24,21(25,26)27)11-3-5-13-15(8-11)18(30)31-17(13)29/h3-5,7-8,10H,1-2,6H2. The van der Waals surface area contributed by atoms with Crippen LogP contribution in [0.25, 0.3) is 0 Å². The predicted molar refractivity (Wildman–Crippen MR) is 93.0 cm³/mol. The van der Waals surface area contributed by atoms with Crippen molar-refractivity contribution in [3.63, 3.8) is 0 Å². The molecule has 4 nitrogen and oxygen atoms in total. The van der Waals surface area contributed by atoms with Crippen molar-refractivity contribution in [2.24, 2.45) is 5.92 Å². The van der Waals surface area contributed by atoms with Crippen LogP contribution < -0.4 is 0 Å². The Morgan fingerprint density at radius 3 is 2.13 bits per heavy atom. The van der Waals surface area contributed by atoms with E-state index in [4.69, 9.17) is 0 Å². The van der Waals surface area contributed by atoms with E-state index in [-0.39, 0.29) is 17.6 Å². The number of carbonyl (C=O) groups excluding carboxylic acids is 3. The molecular weight excluding hydrogens is 430 g/mol. The van der Waals surface area contributed by atoms with Crippen molar-refractivity contribution < 1.29 is 45.5 Å². The van der Waals surface area contributed by atoms with Crippen LogP contribution in [0.15, 0.2) is 53.6 Å². The first kappa shape index (κ1) is 21.1. The lowest BCUT2D eigenvalue weighted by Crippen LogP contribution is -2.58. The molecule has 1 fully saturated rings. The van der Waals surface area contributed by atoms with Crippen LogP contribution in [0.3, 0.4) is 0 Å². The molecule has 1 aromatic rings. The molecule has 1 heterocycles. The Labute approximate surface area is 170 Å². The topological polar surface area (TPSA) is 60.4 Å². The Hall–Kier alpha value is -3.17. The van der Waals surface area contributed by atoms with Gasteiger partial charge in [0.25, 0.3) is 0 Å². The molecule has 10 heteroatoms. The highest BCUT2D eigenvalue weighted by Gasteiger charge is 2.74. The molecule has 0 saturated heterocycles. The van der Waals surface area contributed by atoms with Crippen molar-refractivity contribution in [2.45, 2.75) is 30.6 Å². The van der Waals surface area contributed by atoms with Crippen LogP contribution in [0.1, 0.15) is 39.1 Å². The number of halogens is 6. The second-order valence-electron chi connectivity index (χ2n) is 7.48. The number of fused-ring (bicyclic) bond motifs is 2. The minimum Gasteiger partial charge on any atom is -0.386 e. The summed E-state index contributed by atoms with van der Waals surface area (Å²) in [7, 11) is 0. The molecule has 2 aliphatic carbocycles. The summed E-state index contributed by atoms with van der Waals surface area (Å²) in [5.74, 6) is -5.31. The number of alkyl halides is 6. The monoisotopic (exact) mass is 442 g/mol. The molecule has 1 atom stereocenters. The van der Waals surface area contributed by atoms with Gasteiger partial charge < -0.3 is 4.74 Å². The molecule has 0 aromatic heterocycles. The summed E-state index contributed by atoms with van der Waals surface area (Å²) in [6, 6.07) is 1.63. The fraction of sp³-hybridized carbons (Fsp3) is 0.286. The lowest BCUT2D eigenvalue weighted by molar-refractivity contribution is -0.314. The smallest absolute Gasteiger partial charge is 0.386 e. The molecule has 0 amide bonds. The van der Waals surface area contributed by atoms with Crippen LogP contribution >= 0.6 is 0 Å². The molecule has 162 valence electrons. The van der Waals surface area contributed by atoms with Crippen LogP contribution in [0.5, 0.6) is 0 Å². The third kappa shape index (κ3) is 2.80. The number of benzene rings is 1. The third-order valence-electron chi connectivity index (χ3n) is 5.84. The predicted octanol–water partition coefficient (Wildman–Crippen LogP) is 4.76. The highest BCUT2D eigenvalue weighted by molar-refractivity contribution is 6.14. The van der Waals surface area contributed by atoms with Crippen molar-refractivity contribution in [3.8, 4) is 0 Å². The molecule has 0 spiro atoms. The van der Waals surface area contributed by atoms with Gasteiger partial charge in [-0.3, -0.25) is 4.79 Å². The lowest BCUT2D eigenvalue weighted by atomic mass is 9.65. The summed E-state index contributed by atoms with van der Waals surface area (Å²) in [5, 5.41) is 0. The number of ether oxygens (including phenoxy) is 1. The zero-order chi connectivity index (χ0) is 22.9. The molecule has 31 heavy (non-hydrogen) atoms. The third-order valence-corrected chi connectivity index (χ3v) is 5.84. The van der Waals surface area contributed by atoms with E-state index >= 15 is 0 Å². The molecule has 1 saturated carbocycles. The number of Topliss-reactive ketones (excluding diaryl/α,β-unsaturated/α-hetero) is 1. The zero-order valence-electron chi connectivity index (χ0n) is 15.5. The molecule has 1 aromatic carbocycles. The molecule has 0 bridgehead atoms. The number of hydrogen-bond donors (Lipinski definition) is 0. The molecule has 0 N–H and O–H groups in total. The molecular formula is C21H12F6O4. The summed E-state index contributed by atoms with van der Waals surface area (Å²) in [4.78, 5) is 35.5. The first-order valence-electron chi connectivity index (χ1n) is 8.97. The second-order valence-corrected chi connectivity index (χ2v) is 7.48. The number of cyclic esters (lactones) is 2. The first-order chi connectivity index (χ1) is 14.3. The van der Waals surface area contributed by atoms with Crippen LogP contribution in [0, 0.1) is 5.92 Å². The van der Waals surface area contributed by atoms with Gasteiger partial charge in [0.05, 0.1) is 11.1 Å². The van der Waals surface area contributed by atoms with Gasteiger partial charge in [0.1, 0.15) is 0 Å². The average Bonchev–Trinajstić information content (AvgIpc) is 3.09. The van der Waals surface area contributed by atoms with Gasteiger partial charge >= 0.3 is 24.3 Å². The quantitative estimate of drug-likeness (QED) is 0.377. The minimum absolute atomic E-state index is 0.178. The number of carbonyl (C=O) groups is 3. The maximum Gasteiger partial charge on any atom is 0.407 e. The van der Waals surface area contributed by atoms with Crippen LogP contribution in [-0.4, -0.2) is 30.1 Å². The van der Waals surface area contributed by atoms with E-state index in [0.29, 0.717) is 29.8 Å². The molecule has 1 aliphatic heterocycles. The molecule has 1 unspecified atom stereocenters. The maximum absolute atomic E-state index is 14.3. The fourth-order valence-electron chi connectivity index (χ4n) is 4.43. The Kier molecular flexibility index (Phi) is 4.36. The number of ketones is 1. The number of rotatable bonds is 2. The number of esters is 2. The Morgan fingerprint density at radius 2 is 1.52 bits per heavy atom. The lowest BCUT2D eigenvalue weighted by Gasteiger charge is -2.43. The maximum atomic E-state index is 14.3. The van der Waals surface area contributed by atoms with Crippen LogP contribution in [0.2, 0.25) is 0 Å². The largest absolute Gasteiger partial charge is 0.407 e. The zero-order valence-corrected chi connectivity index (χ0v) is 15.5. The van der Waals surface area contributed by atoms with Gasteiger partial charge in [-0.25, -0.2) is 9.59 Å². The summed E-state index contributed by atoms with van der Waals surface area (Å²) in [6.07, 6.45) is -10.7. The van der Waals surface area contributed by atoms with Gasteiger partial charge in [-0.15, -0.1) is 0 Å². The molecule has 0 radical (unpaired) electrons. The van der Waals surface area contributed by atoms with E-state index in [9.17, 15) is 40.7 Å². The van der Waals surface area contributed by atoms with Gasteiger partial charge in [-0.05, 0) is 35.3 Å². The summed E-state index contributed by atoms with van der Waals surface area (Å²) in [6.45, 7) is 3.63. The van der Waals surface area contributed by atoms with E-state index in [2.05, 4.69) is 11.3 Å². The fourth-order valence-corrected chi connectivity index (χ4v) is 4.43. The number of hydrogen-bond acceptors (Lipinski definition) is 4. The normalized spacial score (nSPS) is 21.5. The van der Waals surface area contributed by atoms with Crippen molar-refractivity contribution >= 4 is 17.7 Å². The Morgan fingerprint density at radius 1 is 0.903 bits per heavy atom. The summed E-state index contributed by atoms with van der Waals surface area (Å²) < 4.78 is 90.3. The highest BCUT2D eigenvalue weighted by atomic mass is 19.4. The second kappa shape index (κ2) is 6.41. The van der Waals surface area contributed by atoms with E-state index < -0.39 is 64.5 Å². The summed E-state index contributed by atoms with van der Waals surface area (Å²) in [5.41, 5.74) is -6.43. The van der Waals surface area contributed by atoms with Crippen molar-refractivity contribution in [1.29, 1.82) is 0 Å². The Balaban J connectivity index is 1.98. The van der Waals surface area contributed by atoms with Crippen molar-refractivity contribution in [2.75, 3.05) is 0 Å². The van der Waals surface area contributed by atoms with Crippen molar-refractivity contribution in [3.05, 3.63) is 70.3 Å². The van der Waals surface area contributed by atoms with Gasteiger partial charge in [0.2, 0.25) is 0 Å². The van der Waals surface area contributed by atoms with Gasteiger partial charge in [-0.1, -0.05) is 24.8 Å². The van der Waals surface area contributed by atoms with Crippen molar-refractivity contribution in [1.82, 2.24) is 0 Å².